The van der Waals surface area contributed by atoms with Crippen molar-refractivity contribution in [3.8, 4) is 5.75 Å². The second kappa shape index (κ2) is 13.4. The van der Waals surface area contributed by atoms with Gasteiger partial charge in [0.15, 0.2) is 0 Å². The molecule has 2 saturated heterocycles. The van der Waals surface area contributed by atoms with E-state index >= 15 is 0 Å². The topological polar surface area (TPSA) is 121 Å². The van der Waals surface area contributed by atoms with Gasteiger partial charge in [-0.25, -0.2) is 9.78 Å². The molecule has 2 aliphatic heterocycles. The number of ether oxygens (including phenoxy) is 2. The molecule has 6 rings (SSSR count). The highest BCUT2D eigenvalue weighted by Crippen LogP contribution is 2.43. The van der Waals surface area contributed by atoms with Gasteiger partial charge in [-0.1, -0.05) is 6.07 Å². The third-order valence-electron chi connectivity index (χ3n) is 8.47. The van der Waals surface area contributed by atoms with Crippen LogP contribution in [0.15, 0.2) is 79.0 Å². The van der Waals surface area contributed by atoms with E-state index in [2.05, 4.69) is 30.7 Å². The lowest BCUT2D eigenvalue weighted by molar-refractivity contribution is -0.274. The molecule has 0 saturated carbocycles. The summed E-state index contributed by atoms with van der Waals surface area (Å²) in [5, 5.41) is 8.52. The third-order valence-corrected chi connectivity index (χ3v) is 8.47. The highest BCUT2D eigenvalue weighted by atomic mass is 19.4. The number of aryl methyl sites for hydroxylation is 1. The number of nitrogens with one attached hydrogen (secondary N) is 3. The summed E-state index contributed by atoms with van der Waals surface area (Å²) in [7, 11) is 1.85. The number of anilines is 7. The molecular formula is C34H34F3N7O4. The van der Waals surface area contributed by atoms with Crippen LogP contribution in [-0.2, 0) is 9.53 Å². The van der Waals surface area contributed by atoms with Gasteiger partial charge in [-0.05, 0) is 92.1 Å². The Hall–Kier alpha value is -5.37. The molecule has 0 radical (unpaired) electrons. The van der Waals surface area contributed by atoms with Crippen LogP contribution >= 0.6 is 0 Å². The highest BCUT2D eigenvalue weighted by Gasteiger charge is 2.44. The third kappa shape index (κ3) is 7.77. The molecule has 2 fully saturated rings. The quantitative estimate of drug-likeness (QED) is 0.179. The molecule has 14 heteroatoms. The number of benzene rings is 3. The van der Waals surface area contributed by atoms with Crippen molar-refractivity contribution in [1.82, 2.24) is 9.97 Å². The van der Waals surface area contributed by atoms with Crippen LogP contribution in [-0.4, -0.2) is 55.1 Å². The maximum Gasteiger partial charge on any atom is 0.573 e. The smallest absolute Gasteiger partial charge is 0.406 e. The van der Waals surface area contributed by atoms with Crippen molar-refractivity contribution in [2.45, 2.75) is 32.5 Å². The molecule has 3 heterocycles. The maximum absolute atomic E-state index is 13.1. The van der Waals surface area contributed by atoms with Crippen LogP contribution in [0.1, 0.15) is 24.8 Å². The van der Waals surface area contributed by atoms with E-state index in [9.17, 15) is 22.8 Å². The molecule has 0 bridgehead atoms. The molecule has 3 N–H and O–H groups in total. The minimum Gasteiger partial charge on any atom is -0.406 e. The lowest BCUT2D eigenvalue weighted by Gasteiger charge is -2.32. The largest absolute Gasteiger partial charge is 0.573 e. The summed E-state index contributed by atoms with van der Waals surface area (Å²) >= 11 is 0. The summed E-state index contributed by atoms with van der Waals surface area (Å²) in [5.41, 5.74) is 4.20. The van der Waals surface area contributed by atoms with Crippen LogP contribution in [0.2, 0.25) is 0 Å². The summed E-state index contributed by atoms with van der Waals surface area (Å²) in [6.45, 7) is 4.07. The van der Waals surface area contributed by atoms with Crippen molar-refractivity contribution in [1.29, 1.82) is 0 Å². The zero-order valence-electron chi connectivity index (χ0n) is 26.3. The molecule has 3 aromatic carbocycles. The Morgan fingerprint density at radius 3 is 2.27 bits per heavy atom. The Labute approximate surface area is 275 Å². The van der Waals surface area contributed by atoms with E-state index in [-0.39, 0.29) is 17.1 Å². The molecule has 11 nitrogen and oxygen atoms in total. The number of nitrogens with zero attached hydrogens (tertiary/aromatic N) is 4. The van der Waals surface area contributed by atoms with Gasteiger partial charge in [-0.2, -0.15) is 4.98 Å². The molecule has 0 unspecified atom stereocenters. The summed E-state index contributed by atoms with van der Waals surface area (Å²) in [4.78, 5) is 38.4. The van der Waals surface area contributed by atoms with Crippen molar-refractivity contribution in [2.75, 3.05) is 52.6 Å². The fourth-order valence-corrected chi connectivity index (χ4v) is 5.89. The monoisotopic (exact) mass is 661 g/mol. The van der Waals surface area contributed by atoms with E-state index in [1.807, 2.05) is 42.0 Å². The normalized spacial score (nSPS) is 15.7. The Morgan fingerprint density at radius 2 is 1.60 bits per heavy atom. The Bertz CT molecular complexity index is 1780. The number of halogens is 3. The lowest BCUT2D eigenvalue weighted by atomic mass is 9.79. The second-order valence-corrected chi connectivity index (χ2v) is 11.9. The Morgan fingerprint density at radius 1 is 0.958 bits per heavy atom. The number of carbonyl (C=O) groups excluding carboxylic acids is 2. The number of aromatic nitrogens is 2. The highest BCUT2D eigenvalue weighted by molar-refractivity contribution is 6.00. The van der Waals surface area contributed by atoms with Crippen LogP contribution in [0.3, 0.4) is 0 Å². The van der Waals surface area contributed by atoms with Crippen LogP contribution in [0.4, 0.5) is 58.2 Å². The van der Waals surface area contributed by atoms with Gasteiger partial charge in [0.25, 0.3) is 0 Å². The molecule has 2 aliphatic rings. The van der Waals surface area contributed by atoms with Gasteiger partial charge >= 0.3 is 12.4 Å². The van der Waals surface area contributed by atoms with E-state index in [0.717, 1.165) is 47.6 Å². The van der Waals surface area contributed by atoms with Crippen LogP contribution in [0.5, 0.6) is 5.75 Å². The summed E-state index contributed by atoms with van der Waals surface area (Å²) < 4.78 is 46.5. The minimum absolute atomic E-state index is 0.0260. The van der Waals surface area contributed by atoms with Crippen LogP contribution in [0.25, 0.3) is 0 Å². The van der Waals surface area contributed by atoms with Crippen molar-refractivity contribution in [2.24, 2.45) is 5.41 Å². The number of urea groups is 1. The average Bonchev–Trinajstić information content (AvgIpc) is 3.37. The molecule has 250 valence electrons. The number of alkyl halides is 3. The molecule has 1 aromatic heterocycles. The molecule has 0 atom stereocenters. The van der Waals surface area contributed by atoms with Gasteiger partial charge in [0, 0.05) is 73.3 Å². The fraction of sp³-hybridized carbons (Fsp3) is 0.294. The number of carbonyl (C=O) groups is 2. The summed E-state index contributed by atoms with van der Waals surface area (Å²) in [6.07, 6.45) is -0.829. The first kappa shape index (κ1) is 32.6. The summed E-state index contributed by atoms with van der Waals surface area (Å²) in [6, 6.07) is 18.9. The van der Waals surface area contributed by atoms with Crippen molar-refractivity contribution >= 4 is 52.1 Å². The zero-order valence-corrected chi connectivity index (χ0v) is 26.3. The van der Waals surface area contributed by atoms with Crippen LogP contribution in [0, 0.1) is 12.3 Å². The van der Waals surface area contributed by atoms with E-state index in [1.165, 1.54) is 12.1 Å². The van der Waals surface area contributed by atoms with Crippen molar-refractivity contribution in [3.63, 3.8) is 0 Å². The molecule has 0 aliphatic carbocycles. The van der Waals surface area contributed by atoms with Crippen LogP contribution < -0.4 is 30.5 Å². The van der Waals surface area contributed by atoms with Gasteiger partial charge < -0.3 is 35.2 Å². The van der Waals surface area contributed by atoms with E-state index < -0.39 is 12.4 Å². The van der Waals surface area contributed by atoms with Gasteiger partial charge in [0.1, 0.15) is 11.6 Å². The molecular weight excluding hydrogens is 627 g/mol. The van der Waals surface area contributed by atoms with Gasteiger partial charge in [-0.3, -0.25) is 4.79 Å². The van der Waals surface area contributed by atoms with Gasteiger partial charge in [0.05, 0.1) is 0 Å². The standard InChI is InChI=1S/C34H34F3N7O4/c1-22-3-4-25(19-28(22)44-21-33(20-30(44)45)14-17-47-18-15-33)39-31-38-16-13-29(42-31)43(2)26-9-5-23(6-10-26)40-32(46)41-24-7-11-27(12-8-24)48-34(35,36)37/h3-13,16,19H,14-15,17-18,20-21H2,1-2H3,(H,38,39,42)(H2,40,41,46). The lowest BCUT2D eigenvalue weighted by Crippen LogP contribution is -2.33. The maximum atomic E-state index is 13.1. The fourth-order valence-electron chi connectivity index (χ4n) is 5.89. The molecule has 48 heavy (non-hydrogen) atoms. The number of hydrogen-bond donors (Lipinski definition) is 3. The Balaban J connectivity index is 1.07. The van der Waals surface area contributed by atoms with Crippen molar-refractivity contribution < 1.29 is 32.2 Å². The summed E-state index contributed by atoms with van der Waals surface area (Å²) in [5.74, 6) is 0.748. The number of hydrogen-bond acceptors (Lipinski definition) is 8. The SMILES string of the molecule is Cc1ccc(Nc2nccc(N(C)c3ccc(NC(=O)Nc4ccc(OC(F)(F)F)cc4)cc3)n2)cc1N1CC2(CCOCC2)CC1=O. The first-order valence-electron chi connectivity index (χ1n) is 15.3. The molecule has 3 amide bonds. The number of rotatable bonds is 8. The molecule has 1 spiro atoms. The van der Waals surface area contributed by atoms with Gasteiger partial charge in [0.2, 0.25) is 11.9 Å². The van der Waals surface area contributed by atoms with E-state index in [4.69, 9.17) is 4.74 Å². The molecule has 4 aromatic rings. The van der Waals surface area contributed by atoms with E-state index in [0.29, 0.717) is 49.3 Å². The predicted octanol–water partition coefficient (Wildman–Crippen LogP) is 7.37. The Kier molecular flexibility index (Phi) is 9.09. The first-order chi connectivity index (χ1) is 23.0. The number of amides is 3. The predicted molar refractivity (Wildman–Crippen MR) is 176 cm³/mol. The average molecular weight is 662 g/mol. The second-order valence-electron chi connectivity index (χ2n) is 11.9. The van der Waals surface area contributed by atoms with E-state index in [1.54, 1.807) is 36.5 Å². The van der Waals surface area contributed by atoms with Gasteiger partial charge in [-0.15, -0.1) is 13.2 Å². The van der Waals surface area contributed by atoms with Crippen molar-refractivity contribution in [3.05, 3.63) is 84.6 Å². The minimum atomic E-state index is -4.79. The zero-order chi connectivity index (χ0) is 33.9. The first-order valence-corrected chi connectivity index (χ1v) is 15.3.